The van der Waals surface area contributed by atoms with Gasteiger partial charge in [0.1, 0.15) is 5.82 Å². The Morgan fingerprint density at radius 2 is 2.30 bits per heavy atom. The lowest BCUT2D eigenvalue weighted by atomic mass is 9.72. The second-order valence-corrected chi connectivity index (χ2v) is 5.67. The van der Waals surface area contributed by atoms with Gasteiger partial charge in [-0.25, -0.2) is 4.98 Å². The first-order chi connectivity index (χ1) is 9.58. The minimum Gasteiger partial charge on any atom is -0.376 e. The van der Waals surface area contributed by atoms with Crippen LogP contribution < -0.4 is 11.1 Å². The molecule has 20 heavy (non-hydrogen) atoms. The maximum absolute atomic E-state index is 11.8. The second kappa shape index (κ2) is 5.03. The first-order valence-corrected chi connectivity index (χ1v) is 6.89. The number of amides is 1. The quantitative estimate of drug-likeness (QED) is 0.830. The fourth-order valence-corrected chi connectivity index (χ4v) is 2.96. The van der Waals surface area contributed by atoms with E-state index in [0.717, 1.165) is 18.8 Å². The van der Waals surface area contributed by atoms with Gasteiger partial charge >= 0.3 is 0 Å². The Hall–Kier alpha value is -1.66. The number of anilines is 1. The van der Waals surface area contributed by atoms with E-state index in [2.05, 4.69) is 10.3 Å². The van der Waals surface area contributed by atoms with Crippen LogP contribution in [0.4, 0.5) is 5.82 Å². The number of rotatable bonds is 3. The minimum atomic E-state index is -0.0522. The van der Waals surface area contributed by atoms with E-state index in [0.29, 0.717) is 11.5 Å². The highest BCUT2D eigenvalue weighted by Crippen LogP contribution is 2.39. The van der Waals surface area contributed by atoms with Crippen LogP contribution in [0.5, 0.6) is 0 Å². The van der Waals surface area contributed by atoms with Crippen molar-refractivity contribution in [3.63, 3.8) is 0 Å². The Labute approximate surface area is 118 Å². The van der Waals surface area contributed by atoms with Crippen LogP contribution in [0.1, 0.15) is 16.8 Å². The number of hydrogen-bond acceptors (Lipinski definition) is 5. The smallest absolute Gasteiger partial charge is 0.254 e. The van der Waals surface area contributed by atoms with E-state index in [-0.39, 0.29) is 24.1 Å². The summed E-state index contributed by atoms with van der Waals surface area (Å²) in [6.45, 7) is 0.797. The molecule has 2 heterocycles. The molecule has 1 saturated heterocycles. The SMILES string of the molecule is CN(C)C(=O)c1ccc(NC2C(N)C3CCOC32)nc1. The molecule has 3 N–H and O–H groups in total. The van der Waals surface area contributed by atoms with Gasteiger partial charge in [-0.15, -0.1) is 0 Å². The number of nitrogens with zero attached hydrogens (tertiary/aromatic N) is 2. The zero-order chi connectivity index (χ0) is 14.3. The van der Waals surface area contributed by atoms with Gasteiger partial charge in [0.25, 0.3) is 5.91 Å². The molecule has 6 heteroatoms. The highest BCUT2D eigenvalue weighted by molar-refractivity contribution is 5.93. The van der Waals surface area contributed by atoms with E-state index in [1.54, 1.807) is 26.4 Å². The van der Waals surface area contributed by atoms with Crippen LogP contribution in [0.3, 0.4) is 0 Å². The third-order valence-electron chi connectivity index (χ3n) is 4.18. The largest absolute Gasteiger partial charge is 0.376 e. The van der Waals surface area contributed by atoms with Crippen molar-refractivity contribution in [1.82, 2.24) is 9.88 Å². The molecular formula is C14H20N4O2. The van der Waals surface area contributed by atoms with Gasteiger partial charge in [-0.3, -0.25) is 4.79 Å². The van der Waals surface area contributed by atoms with E-state index in [1.807, 2.05) is 6.07 Å². The molecule has 1 aliphatic carbocycles. The third-order valence-corrected chi connectivity index (χ3v) is 4.18. The van der Waals surface area contributed by atoms with Crippen molar-refractivity contribution in [2.45, 2.75) is 24.6 Å². The minimum absolute atomic E-state index is 0.0522. The average molecular weight is 276 g/mol. The maximum atomic E-state index is 11.8. The summed E-state index contributed by atoms with van der Waals surface area (Å²) in [5, 5.41) is 3.31. The first-order valence-electron chi connectivity index (χ1n) is 6.89. The Morgan fingerprint density at radius 3 is 2.95 bits per heavy atom. The van der Waals surface area contributed by atoms with Crippen molar-refractivity contribution in [2.24, 2.45) is 11.7 Å². The summed E-state index contributed by atoms with van der Waals surface area (Å²) < 4.78 is 5.67. The molecule has 2 fully saturated rings. The Morgan fingerprint density at radius 1 is 1.50 bits per heavy atom. The first kappa shape index (κ1) is 13.3. The molecule has 2 aliphatic rings. The number of carbonyl (C=O) groups is 1. The molecule has 4 unspecified atom stereocenters. The molecule has 0 bridgehead atoms. The predicted molar refractivity (Wildman–Crippen MR) is 75.5 cm³/mol. The normalized spacial score (nSPS) is 31.4. The molecule has 1 aromatic heterocycles. The number of pyridine rings is 1. The number of nitrogens with two attached hydrogens (primary N) is 1. The zero-order valence-corrected chi connectivity index (χ0v) is 11.7. The summed E-state index contributed by atoms with van der Waals surface area (Å²) in [4.78, 5) is 17.6. The van der Waals surface area contributed by atoms with Gasteiger partial charge in [-0.1, -0.05) is 0 Å². The van der Waals surface area contributed by atoms with Gasteiger partial charge in [0.2, 0.25) is 0 Å². The van der Waals surface area contributed by atoms with Gasteiger partial charge in [0.05, 0.1) is 17.7 Å². The standard InChI is InChI=1S/C14H20N4O2/c1-18(2)14(19)8-3-4-10(16-7-8)17-12-11(15)9-5-6-20-13(9)12/h3-4,7,9,11-13H,5-6,15H2,1-2H3,(H,16,17). The highest BCUT2D eigenvalue weighted by atomic mass is 16.5. The highest BCUT2D eigenvalue weighted by Gasteiger charge is 2.52. The van der Waals surface area contributed by atoms with Gasteiger partial charge in [0.15, 0.2) is 0 Å². The van der Waals surface area contributed by atoms with Gasteiger partial charge in [-0.2, -0.15) is 0 Å². The van der Waals surface area contributed by atoms with Gasteiger partial charge in [0, 0.05) is 38.9 Å². The second-order valence-electron chi connectivity index (χ2n) is 5.67. The molecule has 4 atom stereocenters. The molecule has 0 spiro atoms. The lowest BCUT2D eigenvalue weighted by molar-refractivity contribution is 0.00524. The molecule has 1 aliphatic heterocycles. The Bertz CT molecular complexity index is 502. The molecule has 0 radical (unpaired) electrons. The summed E-state index contributed by atoms with van der Waals surface area (Å²) in [6.07, 6.45) is 2.84. The van der Waals surface area contributed by atoms with Crippen molar-refractivity contribution in [1.29, 1.82) is 0 Å². The van der Waals surface area contributed by atoms with Crippen molar-refractivity contribution in [3.8, 4) is 0 Å². The zero-order valence-electron chi connectivity index (χ0n) is 11.7. The predicted octanol–water partition coefficient (Wildman–Crippen LogP) is 0.310. The fraction of sp³-hybridized carbons (Fsp3) is 0.571. The lowest BCUT2D eigenvalue weighted by Gasteiger charge is -2.45. The third kappa shape index (κ3) is 2.14. The van der Waals surface area contributed by atoms with Crippen LogP contribution in [-0.2, 0) is 4.74 Å². The molecule has 3 rings (SSSR count). The molecule has 6 nitrogen and oxygen atoms in total. The van der Waals surface area contributed by atoms with Crippen molar-refractivity contribution in [3.05, 3.63) is 23.9 Å². The Balaban J connectivity index is 1.65. The summed E-state index contributed by atoms with van der Waals surface area (Å²) >= 11 is 0. The van der Waals surface area contributed by atoms with E-state index < -0.39 is 0 Å². The number of aromatic nitrogens is 1. The van der Waals surface area contributed by atoms with Crippen molar-refractivity contribution >= 4 is 11.7 Å². The summed E-state index contributed by atoms with van der Waals surface area (Å²) in [7, 11) is 3.44. The van der Waals surface area contributed by atoms with Crippen LogP contribution >= 0.6 is 0 Å². The average Bonchev–Trinajstić information content (AvgIpc) is 2.89. The molecular weight excluding hydrogens is 256 g/mol. The van der Waals surface area contributed by atoms with Crippen LogP contribution in [0.15, 0.2) is 18.3 Å². The number of hydrogen-bond donors (Lipinski definition) is 2. The fourth-order valence-electron chi connectivity index (χ4n) is 2.96. The Kier molecular flexibility index (Phi) is 3.35. The number of carbonyl (C=O) groups excluding carboxylic acids is 1. The van der Waals surface area contributed by atoms with Gasteiger partial charge in [-0.05, 0) is 18.6 Å². The van der Waals surface area contributed by atoms with Crippen molar-refractivity contribution in [2.75, 3.05) is 26.0 Å². The van der Waals surface area contributed by atoms with E-state index in [4.69, 9.17) is 10.5 Å². The lowest BCUT2D eigenvalue weighted by Crippen LogP contribution is -2.65. The molecule has 1 saturated carbocycles. The maximum Gasteiger partial charge on any atom is 0.254 e. The van der Waals surface area contributed by atoms with Crippen molar-refractivity contribution < 1.29 is 9.53 Å². The summed E-state index contributed by atoms with van der Waals surface area (Å²) in [6, 6.07) is 3.82. The van der Waals surface area contributed by atoms with Gasteiger partial charge < -0.3 is 20.7 Å². The number of nitrogens with one attached hydrogen (secondary N) is 1. The number of fused-ring (bicyclic) bond motifs is 1. The number of ether oxygens (including phenoxy) is 1. The van der Waals surface area contributed by atoms with E-state index >= 15 is 0 Å². The summed E-state index contributed by atoms with van der Waals surface area (Å²) in [5.41, 5.74) is 6.72. The van der Waals surface area contributed by atoms with Crippen LogP contribution in [-0.4, -0.2) is 54.7 Å². The molecule has 108 valence electrons. The molecule has 1 amide bonds. The van der Waals surface area contributed by atoms with E-state index in [9.17, 15) is 4.79 Å². The molecule has 1 aromatic rings. The van der Waals surface area contributed by atoms with Crippen LogP contribution in [0, 0.1) is 5.92 Å². The molecule has 0 aromatic carbocycles. The topological polar surface area (TPSA) is 80.5 Å². The van der Waals surface area contributed by atoms with Crippen LogP contribution in [0.2, 0.25) is 0 Å². The van der Waals surface area contributed by atoms with E-state index in [1.165, 1.54) is 4.90 Å². The van der Waals surface area contributed by atoms with Crippen LogP contribution in [0.25, 0.3) is 0 Å². The summed E-state index contributed by atoms with van der Waals surface area (Å²) in [5.74, 6) is 1.15. The monoisotopic (exact) mass is 276 g/mol.